The molecule has 1 fully saturated rings. The average molecular weight is 439 g/mol. The molecule has 0 spiro atoms. The van der Waals surface area contributed by atoms with Crippen LogP contribution in [0.15, 0.2) is 42.5 Å². The maximum Gasteiger partial charge on any atom is 0.289 e. The van der Waals surface area contributed by atoms with Gasteiger partial charge in [0.2, 0.25) is 6.23 Å². The molecule has 32 heavy (non-hydrogen) atoms. The highest BCUT2D eigenvalue weighted by Gasteiger charge is 2.34. The van der Waals surface area contributed by atoms with E-state index in [1.807, 2.05) is 42.3 Å². The Morgan fingerprint density at radius 1 is 1.06 bits per heavy atom. The minimum absolute atomic E-state index is 0.0719. The summed E-state index contributed by atoms with van der Waals surface area (Å²) in [6.07, 6.45) is 0.525. The van der Waals surface area contributed by atoms with E-state index in [2.05, 4.69) is 48.4 Å². The second-order valence-corrected chi connectivity index (χ2v) is 8.72. The first-order chi connectivity index (χ1) is 15.5. The number of para-hydroxylation sites is 2. The number of hydrogen-bond acceptors (Lipinski definition) is 6. The van der Waals surface area contributed by atoms with Gasteiger partial charge < -0.3 is 29.9 Å². The van der Waals surface area contributed by atoms with Crippen LogP contribution in [0.5, 0.6) is 5.75 Å². The molecule has 3 unspecified atom stereocenters. The molecule has 1 saturated heterocycles. The number of carbonyl (C=O) groups is 1. The molecule has 4 rings (SSSR count). The van der Waals surface area contributed by atoms with Crippen molar-refractivity contribution in [3.63, 3.8) is 0 Å². The number of nitrogens with one attached hydrogen (secondary N) is 2. The third-order valence-electron chi connectivity index (χ3n) is 5.95. The molecule has 1 amide bonds. The number of morpholine rings is 1. The Morgan fingerprint density at radius 2 is 1.81 bits per heavy atom. The molecule has 7 nitrogen and oxygen atoms in total. The van der Waals surface area contributed by atoms with Crippen molar-refractivity contribution in [2.45, 2.75) is 45.6 Å². The number of hydrogen-bond donors (Lipinski definition) is 2. The zero-order valence-corrected chi connectivity index (χ0v) is 19.4. The maximum absolute atomic E-state index is 13.3. The van der Waals surface area contributed by atoms with Crippen molar-refractivity contribution in [2.75, 3.05) is 48.3 Å². The zero-order chi connectivity index (χ0) is 22.7. The first-order valence-electron chi connectivity index (χ1n) is 11.5. The number of aryl methyl sites for hydroxylation is 1. The average Bonchev–Trinajstić information content (AvgIpc) is 2.75. The van der Waals surface area contributed by atoms with Crippen LogP contribution in [0.25, 0.3) is 0 Å². The van der Waals surface area contributed by atoms with Crippen molar-refractivity contribution >= 4 is 23.0 Å². The first-order valence-corrected chi connectivity index (χ1v) is 11.5. The molecule has 2 aromatic rings. The summed E-state index contributed by atoms with van der Waals surface area (Å²) < 4.78 is 11.9. The second kappa shape index (κ2) is 9.79. The van der Waals surface area contributed by atoms with Crippen molar-refractivity contribution in [3.05, 3.63) is 48.0 Å². The highest BCUT2D eigenvalue weighted by atomic mass is 16.5. The van der Waals surface area contributed by atoms with Gasteiger partial charge in [-0.05, 0) is 76.7 Å². The second-order valence-electron chi connectivity index (χ2n) is 8.72. The molecule has 2 aliphatic heterocycles. The van der Waals surface area contributed by atoms with Crippen LogP contribution in [0, 0.1) is 6.92 Å². The van der Waals surface area contributed by atoms with Crippen molar-refractivity contribution in [3.8, 4) is 5.75 Å². The van der Waals surface area contributed by atoms with Gasteiger partial charge in [-0.15, -0.1) is 0 Å². The fourth-order valence-corrected chi connectivity index (χ4v) is 4.58. The van der Waals surface area contributed by atoms with Gasteiger partial charge in [-0.3, -0.25) is 4.79 Å². The van der Waals surface area contributed by atoms with Crippen molar-refractivity contribution < 1.29 is 14.3 Å². The summed E-state index contributed by atoms with van der Waals surface area (Å²) >= 11 is 0. The lowest BCUT2D eigenvalue weighted by Gasteiger charge is -2.38. The predicted molar refractivity (Wildman–Crippen MR) is 129 cm³/mol. The number of rotatable bonds is 7. The minimum Gasteiger partial charge on any atom is -0.459 e. The summed E-state index contributed by atoms with van der Waals surface area (Å²) in [5, 5.41) is 6.45. The van der Waals surface area contributed by atoms with Crippen LogP contribution in [-0.4, -0.2) is 57.6 Å². The van der Waals surface area contributed by atoms with Gasteiger partial charge in [0.05, 0.1) is 17.9 Å². The van der Waals surface area contributed by atoms with E-state index >= 15 is 0 Å². The molecule has 2 aliphatic rings. The van der Waals surface area contributed by atoms with Gasteiger partial charge in [0, 0.05) is 31.0 Å². The molecule has 2 aromatic carbocycles. The fraction of sp³-hybridized carbons (Fsp3) is 0.480. The van der Waals surface area contributed by atoms with Crippen LogP contribution in [0.3, 0.4) is 0 Å². The number of amides is 1. The quantitative estimate of drug-likeness (QED) is 0.646. The van der Waals surface area contributed by atoms with Crippen LogP contribution in [0.2, 0.25) is 0 Å². The Balaban J connectivity index is 1.51. The summed E-state index contributed by atoms with van der Waals surface area (Å²) in [7, 11) is 1.92. The Kier molecular flexibility index (Phi) is 6.86. The van der Waals surface area contributed by atoms with E-state index in [1.54, 1.807) is 0 Å². The Labute approximate surface area is 190 Å². The van der Waals surface area contributed by atoms with E-state index in [-0.39, 0.29) is 18.1 Å². The number of ether oxygens (including phenoxy) is 2. The van der Waals surface area contributed by atoms with Gasteiger partial charge >= 0.3 is 0 Å². The van der Waals surface area contributed by atoms with Crippen LogP contribution in [0.4, 0.5) is 17.1 Å². The third-order valence-corrected chi connectivity index (χ3v) is 5.95. The zero-order valence-electron chi connectivity index (χ0n) is 19.4. The van der Waals surface area contributed by atoms with E-state index in [4.69, 9.17) is 9.47 Å². The van der Waals surface area contributed by atoms with Crippen molar-refractivity contribution in [2.24, 2.45) is 0 Å². The largest absolute Gasteiger partial charge is 0.459 e. The van der Waals surface area contributed by atoms with Gasteiger partial charge in [-0.2, -0.15) is 0 Å². The van der Waals surface area contributed by atoms with E-state index in [1.165, 1.54) is 5.69 Å². The van der Waals surface area contributed by atoms with Crippen molar-refractivity contribution in [1.82, 2.24) is 5.32 Å². The minimum atomic E-state index is -0.756. The molecular formula is C25H34N4O3. The fourth-order valence-electron chi connectivity index (χ4n) is 4.58. The topological polar surface area (TPSA) is 66.1 Å². The molecule has 0 aliphatic carbocycles. The predicted octanol–water partition coefficient (Wildman–Crippen LogP) is 3.38. The third kappa shape index (κ3) is 4.84. The molecule has 172 valence electrons. The number of fused-ring (bicyclic) bond motifs is 1. The number of benzene rings is 2. The lowest BCUT2D eigenvalue weighted by atomic mass is 10.1. The molecule has 0 bridgehead atoms. The molecule has 2 N–H and O–H groups in total. The summed E-state index contributed by atoms with van der Waals surface area (Å²) in [5.74, 6) is 0.649. The van der Waals surface area contributed by atoms with E-state index < -0.39 is 6.23 Å². The lowest BCUT2D eigenvalue weighted by Crippen LogP contribution is -2.50. The van der Waals surface area contributed by atoms with Gasteiger partial charge in [0.1, 0.15) is 5.75 Å². The number of carbonyl (C=O) groups excluding carboxylic acids is 1. The van der Waals surface area contributed by atoms with Crippen molar-refractivity contribution in [1.29, 1.82) is 0 Å². The maximum atomic E-state index is 13.3. The molecule has 3 atom stereocenters. The van der Waals surface area contributed by atoms with Crippen LogP contribution in [-0.2, 0) is 9.53 Å². The molecular weight excluding hydrogens is 404 g/mol. The molecule has 0 saturated carbocycles. The van der Waals surface area contributed by atoms with Gasteiger partial charge in [0.15, 0.2) is 0 Å². The number of nitrogens with zero attached hydrogens (tertiary/aromatic N) is 2. The van der Waals surface area contributed by atoms with Gasteiger partial charge in [-0.25, -0.2) is 0 Å². The SMILES string of the molecule is CNCCCN1C(=O)C(Nc2ccc(N3CC(C)OC(C)C3)c(C)c2)Oc2ccccc21. The van der Waals surface area contributed by atoms with E-state index in [9.17, 15) is 4.79 Å². The van der Waals surface area contributed by atoms with Gasteiger partial charge in [0.25, 0.3) is 5.91 Å². The standard InChI is InChI=1S/C25H34N4O3/c1-17-14-20(10-11-21(17)28-15-18(2)31-19(3)16-28)27-24-25(30)29(13-7-12-26-4)22-8-5-6-9-23(22)32-24/h5-6,8-11,14,18-19,24,26-27H,7,12-13,15-16H2,1-4H3. The lowest BCUT2D eigenvalue weighted by molar-refractivity contribution is -0.125. The van der Waals surface area contributed by atoms with E-state index in [0.29, 0.717) is 6.54 Å². The summed E-state index contributed by atoms with van der Waals surface area (Å²) in [6.45, 7) is 9.57. The Hall–Kier alpha value is -2.77. The van der Waals surface area contributed by atoms with Gasteiger partial charge in [-0.1, -0.05) is 12.1 Å². The molecule has 2 heterocycles. The summed E-state index contributed by atoms with van der Waals surface area (Å²) in [6, 6.07) is 13.9. The molecule has 7 heteroatoms. The highest BCUT2D eigenvalue weighted by Crippen LogP contribution is 2.34. The summed E-state index contributed by atoms with van der Waals surface area (Å²) in [4.78, 5) is 17.5. The molecule has 0 radical (unpaired) electrons. The molecule has 0 aromatic heterocycles. The van der Waals surface area contributed by atoms with Crippen LogP contribution < -0.4 is 25.2 Å². The monoisotopic (exact) mass is 438 g/mol. The normalized spacial score (nSPS) is 23.0. The first kappa shape index (κ1) is 22.4. The highest BCUT2D eigenvalue weighted by molar-refractivity contribution is 6.01. The summed E-state index contributed by atoms with van der Waals surface area (Å²) in [5.41, 5.74) is 4.06. The smallest absolute Gasteiger partial charge is 0.289 e. The van der Waals surface area contributed by atoms with E-state index in [0.717, 1.165) is 48.7 Å². The number of anilines is 3. The van der Waals surface area contributed by atoms with Crippen LogP contribution in [0.1, 0.15) is 25.8 Å². The Morgan fingerprint density at radius 3 is 2.53 bits per heavy atom. The van der Waals surface area contributed by atoms with Crippen LogP contribution >= 0.6 is 0 Å². The Bertz CT molecular complexity index is 941.